The number of aliphatic carboxylic acids is 1. The van der Waals surface area contributed by atoms with Gasteiger partial charge < -0.3 is 20.1 Å². The summed E-state index contributed by atoms with van der Waals surface area (Å²) in [4.78, 5) is 23.8. The van der Waals surface area contributed by atoms with Crippen molar-refractivity contribution in [2.75, 3.05) is 27.3 Å². The van der Waals surface area contributed by atoms with Gasteiger partial charge in [-0.25, -0.2) is 9.59 Å². The van der Waals surface area contributed by atoms with E-state index in [4.69, 9.17) is 9.84 Å². The van der Waals surface area contributed by atoms with Crippen LogP contribution in [0.1, 0.15) is 13.8 Å². The first kappa shape index (κ1) is 14.7. The molecule has 0 rings (SSSR count). The van der Waals surface area contributed by atoms with Crippen LogP contribution in [0, 0.1) is 5.92 Å². The summed E-state index contributed by atoms with van der Waals surface area (Å²) in [6, 6.07) is -1.27. The molecule has 16 heavy (non-hydrogen) atoms. The Hall–Kier alpha value is -1.30. The van der Waals surface area contributed by atoms with Crippen molar-refractivity contribution in [2.24, 2.45) is 5.92 Å². The Morgan fingerprint density at radius 2 is 2.00 bits per heavy atom. The van der Waals surface area contributed by atoms with Crippen LogP contribution in [-0.2, 0) is 9.53 Å². The van der Waals surface area contributed by atoms with E-state index in [1.54, 1.807) is 28.0 Å². The molecule has 0 aliphatic heterocycles. The maximum Gasteiger partial charge on any atom is 0.326 e. The molecule has 0 spiro atoms. The fourth-order valence-corrected chi connectivity index (χ4v) is 1.09. The molecule has 0 heterocycles. The number of carbonyl (C=O) groups excluding carboxylic acids is 1. The highest BCUT2D eigenvalue weighted by Crippen LogP contribution is 2.02. The molecule has 1 atom stereocenters. The Balaban J connectivity index is 4.24. The number of urea groups is 1. The molecule has 0 aromatic heterocycles. The maximum absolute atomic E-state index is 11.6. The third-order valence-electron chi connectivity index (χ3n) is 2.19. The Morgan fingerprint density at radius 3 is 2.38 bits per heavy atom. The van der Waals surface area contributed by atoms with E-state index < -0.39 is 18.0 Å². The second-order valence-electron chi connectivity index (χ2n) is 3.92. The Labute approximate surface area is 95.6 Å². The zero-order valence-electron chi connectivity index (χ0n) is 10.2. The first-order valence-electron chi connectivity index (χ1n) is 5.13. The van der Waals surface area contributed by atoms with Crippen LogP contribution in [0.5, 0.6) is 0 Å². The van der Waals surface area contributed by atoms with E-state index in [1.165, 1.54) is 4.90 Å². The van der Waals surface area contributed by atoms with Crippen LogP contribution in [0.3, 0.4) is 0 Å². The molecule has 0 radical (unpaired) electrons. The van der Waals surface area contributed by atoms with Crippen LogP contribution in [0.2, 0.25) is 0 Å². The largest absolute Gasteiger partial charge is 0.480 e. The van der Waals surface area contributed by atoms with Gasteiger partial charge in [-0.2, -0.15) is 0 Å². The molecule has 2 amide bonds. The maximum atomic E-state index is 11.6. The van der Waals surface area contributed by atoms with E-state index in [9.17, 15) is 9.59 Å². The number of nitrogens with one attached hydrogen (secondary N) is 1. The van der Waals surface area contributed by atoms with Gasteiger partial charge in [0.2, 0.25) is 0 Å². The summed E-state index contributed by atoms with van der Waals surface area (Å²) in [5.41, 5.74) is 0. The number of carbonyl (C=O) groups is 2. The molecule has 6 nitrogen and oxygen atoms in total. The number of hydrogen-bond acceptors (Lipinski definition) is 3. The summed E-state index contributed by atoms with van der Waals surface area (Å²) >= 11 is 0. The molecule has 2 N–H and O–H groups in total. The lowest BCUT2D eigenvalue weighted by Gasteiger charge is -2.23. The van der Waals surface area contributed by atoms with E-state index in [0.29, 0.717) is 13.2 Å². The topological polar surface area (TPSA) is 78.9 Å². The molecule has 94 valence electrons. The number of rotatable bonds is 6. The molecule has 0 aromatic carbocycles. The lowest BCUT2D eigenvalue weighted by atomic mass is 10.1. The predicted molar refractivity (Wildman–Crippen MR) is 59.3 cm³/mol. The van der Waals surface area contributed by atoms with Gasteiger partial charge in [-0.1, -0.05) is 13.8 Å². The summed E-state index contributed by atoms with van der Waals surface area (Å²) in [6.45, 7) is 4.33. The minimum Gasteiger partial charge on any atom is -0.480 e. The second-order valence-corrected chi connectivity index (χ2v) is 3.92. The van der Waals surface area contributed by atoms with Gasteiger partial charge in [0.1, 0.15) is 6.04 Å². The number of amides is 2. The first-order valence-corrected chi connectivity index (χ1v) is 5.13. The average Bonchev–Trinajstić information content (AvgIpc) is 2.20. The van der Waals surface area contributed by atoms with Gasteiger partial charge in [0.05, 0.1) is 6.61 Å². The van der Waals surface area contributed by atoms with Crippen molar-refractivity contribution in [1.82, 2.24) is 10.2 Å². The van der Waals surface area contributed by atoms with Gasteiger partial charge in [0.15, 0.2) is 0 Å². The quantitative estimate of drug-likeness (QED) is 0.694. The van der Waals surface area contributed by atoms with Crippen molar-refractivity contribution in [3.8, 4) is 0 Å². The van der Waals surface area contributed by atoms with Crippen LogP contribution < -0.4 is 5.32 Å². The third-order valence-corrected chi connectivity index (χ3v) is 2.19. The van der Waals surface area contributed by atoms with Gasteiger partial charge in [0.25, 0.3) is 0 Å². The van der Waals surface area contributed by atoms with Gasteiger partial charge in [-0.15, -0.1) is 0 Å². The average molecular weight is 232 g/mol. The number of ether oxygens (including phenoxy) is 1. The molecule has 6 heteroatoms. The van der Waals surface area contributed by atoms with Crippen LogP contribution >= 0.6 is 0 Å². The van der Waals surface area contributed by atoms with Gasteiger partial charge >= 0.3 is 12.0 Å². The highest BCUT2D eigenvalue weighted by Gasteiger charge is 2.24. The molecular weight excluding hydrogens is 212 g/mol. The molecular formula is C10H20N2O4. The molecule has 0 saturated heterocycles. The van der Waals surface area contributed by atoms with Crippen molar-refractivity contribution in [1.29, 1.82) is 0 Å². The fourth-order valence-electron chi connectivity index (χ4n) is 1.09. The minimum absolute atomic E-state index is 0.155. The fraction of sp³-hybridized carbons (Fsp3) is 0.800. The normalized spacial score (nSPS) is 12.3. The summed E-state index contributed by atoms with van der Waals surface area (Å²) in [5, 5.41) is 11.3. The van der Waals surface area contributed by atoms with Crippen molar-refractivity contribution >= 4 is 12.0 Å². The molecule has 1 unspecified atom stereocenters. The molecule has 0 fully saturated rings. The van der Waals surface area contributed by atoms with E-state index in [1.807, 2.05) is 0 Å². The Kier molecular flexibility index (Phi) is 6.48. The number of likely N-dealkylation sites (N-methyl/N-ethyl adjacent to an activating group) is 1. The smallest absolute Gasteiger partial charge is 0.326 e. The highest BCUT2D eigenvalue weighted by atomic mass is 16.5. The molecule has 0 aliphatic carbocycles. The SMILES string of the molecule is COCCN(C)C(=O)NC(C(=O)O)C(C)C. The van der Waals surface area contributed by atoms with Crippen molar-refractivity contribution in [3.05, 3.63) is 0 Å². The van der Waals surface area contributed by atoms with Gasteiger partial charge in [-0.3, -0.25) is 0 Å². The van der Waals surface area contributed by atoms with Crippen LogP contribution in [-0.4, -0.2) is 55.4 Å². The number of nitrogens with zero attached hydrogens (tertiary/aromatic N) is 1. The molecule has 0 saturated carbocycles. The zero-order valence-corrected chi connectivity index (χ0v) is 10.2. The summed E-state index contributed by atoms with van der Waals surface area (Å²) in [7, 11) is 3.13. The van der Waals surface area contributed by atoms with Crippen LogP contribution in [0.15, 0.2) is 0 Å². The van der Waals surface area contributed by atoms with E-state index in [-0.39, 0.29) is 5.92 Å². The third kappa shape index (κ3) is 4.97. The van der Waals surface area contributed by atoms with Crippen LogP contribution in [0.4, 0.5) is 4.79 Å². The monoisotopic (exact) mass is 232 g/mol. The number of hydrogen-bond donors (Lipinski definition) is 2. The molecule has 0 bridgehead atoms. The zero-order chi connectivity index (χ0) is 12.7. The molecule has 0 aliphatic rings. The van der Waals surface area contributed by atoms with Crippen molar-refractivity contribution in [2.45, 2.75) is 19.9 Å². The standard InChI is InChI=1S/C10H20N2O4/c1-7(2)8(9(13)14)11-10(15)12(3)5-6-16-4/h7-8H,5-6H2,1-4H3,(H,11,15)(H,13,14). The summed E-state index contributed by atoms with van der Waals surface area (Å²) in [5.74, 6) is -1.18. The highest BCUT2D eigenvalue weighted by molar-refractivity contribution is 5.82. The number of carboxylic acids is 1. The number of methoxy groups -OCH3 is 1. The van der Waals surface area contributed by atoms with Crippen molar-refractivity contribution < 1.29 is 19.4 Å². The van der Waals surface area contributed by atoms with E-state index in [2.05, 4.69) is 5.32 Å². The Morgan fingerprint density at radius 1 is 1.44 bits per heavy atom. The van der Waals surface area contributed by atoms with E-state index >= 15 is 0 Å². The van der Waals surface area contributed by atoms with Gasteiger partial charge in [0, 0.05) is 20.7 Å². The first-order chi connectivity index (χ1) is 7.40. The summed E-state index contributed by atoms with van der Waals surface area (Å²) in [6.07, 6.45) is 0. The lowest BCUT2D eigenvalue weighted by molar-refractivity contribution is -0.140. The van der Waals surface area contributed by atoms with E-state index in [0.717, 1.165) is 0 Å². The van der Waals surface area contributed by atoms with Crippen molar-refractivity contribution in [3.63, 3.8) is 0 Å². The van der Waals surface area contributed by atoms with Gasteiger partial charge in [-0.05, 0) is 5.92 Å². The number of carboxylic acid groups (broad SMARTS) is 1. The Bertz CT molecular complexity index is 243. The minimum atomic E-state index is -1.02. The molecule has 0 aromatic rings. The lowest BCUT2D eigenvalue weighted by Crippen LogP contribution is -2.49. The summed E-state index contributed by atoms with van der Waals surface area (Å²) < 4.78 is 4.82. The second kappa shape index (κ2) is 7.05. The predicted octanol–water partition coefficient (Wildman–Crippen LogP) is 0.383. The van der Waals surface area contributed by atoms with Crippen LogP contribution in [0.25, 0.3) is 0 Å².